The van der Waals surface area contributed by atoms with E-state index in [1.165, 1.54) is 24.3 Å². The number of hydrogen-bond acceptors (Lipinski definition) is 3. The first-order valence-electron chi connectivity index (χ1n) is 7.69. The molecule has 0 aliphatic carbocycles. The molecule has 3 unspecified atom stereocenters. The lowest BCUT2D eigenvalue weighted by Gasteiger charge is -2.36. The second-order valence-electron chi connectivity index (χ2n) is 6.19. The SMILES string of the molecule is O=C(O)C1CCCN1C(=O)NC1CCN2CCCC2C1. The van der Waals surface area contributed by atoms with Crippen molar-refractivity contribution in [2.24, 2.45) is 0 Å². The predicted octanol–water partition coefficient (Wildman–Crippen LogP) is 0.872. The van der Waals surface area contributed by atoms with Gasteiger partial charge in [0.2, 0.25) is 0 Å². The Kier molecular flexibility index (Phi) is 3.83. The quantitative estimate of drug-likeness (QED) is 0.788. The van der Waals surface area contributed by atoms with Crippen LogP contribution < -0.4 is 5.32 Å². The van der Waals surface area contributed by atoms with E-state index in [0.29, 0.717) is 19.0 Å². The Bertz CT molecular complexity index is 401. The van der Waals surface area contributed by atoms with Crippen LogP contribution in [0.25, 0.3) is 0 Å². The van der Waals surface area contributed by atoms with Gasteiger partial charge in [-0.1, -0.05) is 0 Å². The van der Waals surface area contributed by atoms with Crippen molar-refractivity contribution in [3.8, 4) is 0 Å². The van der Waals surface area contributed by atoms with Gasteiger partial charge in [0.05, 0.1) is 0 Å². The van der Waals surface area contributed by atoms with E-state index in [1.54, 1.807) is 0 Å². The first-order chi connectivity index (χ1) is 9.65. The summed E-state index contributed by atoms with van der Waals surface area (Å²) in [7, 11) is 0. The maximum Gasteiger partial charge on any atom is 0.326 e. The summed E-state index contributed by atoms with van der Waals surface area (Å²) in [4.78, 5) is 27.4. The van der Waals surface area contributed by atoms with E-state index in [4.69, 9.17) is 5.11 Å². The summed E-state index contributed by atoms with van der Waals surface area (Å²) in [5.74, 6) is -0.886. The molecule has 0 aromatic heterocycles. The van der Waals surface area contributed by atoms with Crippen LogP contribution in [0.5, 0.6) is 0 Å². The number of piperidine rings is 1. The molecule has 0 radical (unpaired) electrons. The molecule has 6 heteroatoms. The third-order valence-electron chi connectivity index (χ3n) is 4.95. The summed E-state index contributed by atoms with van der Waals surface area (Å²) in [6.45, 7) is 2.81. The van der Waals surface area contributed by atoms with Crippen molar-refractivity contribution in [3.63, 3.8) is 0 Å². The van der Waals surface area contributed by atoms with Crippen molar-refractivity contribution in [1.29, 1.82) is 0 Å². The number of aliphatic carboxylic acids is 1. The van der Waals surface area contributed by atoms with Crippen molar-refractivity contribution >= 4 is 12.0 Å². The Morgan fingerprint density at radius 1 is 1.05 bits per heavy atom. The Balaban J connectivity index is 1.55. The van der Waals surface area contributed by atoms with Crippen molar-refractivity contribution in [2.45, 2.75) is 56.7 Å². The fraction of sp³-hybridized carbons (Fsp3) is 0.857. The topological polar surface area (TPSA) is 72.9 Å². The zero-order valence-electron chi connectivity index (χ0n) is 11.8. The van der Waals surface area contributed by atoms with Gasteiger partial charge in [0.1, 0.15) is 6.04 Å². The number of amides is 2. The van der Waals surface area contributed by atoms with Crippen LogP contribution in [0.1, 0.15) is 38.5 Å². The molecule has 3 fully saturated rings. The van der Waals surface area contributed by atoms with E-state index in [2.05, 4.69) is 10.2 Å². The molecule has 2 N–H and O–H groups in total. The third kappa shape index (κ3) is 2.61. The minimum Gasteiger partial charge on any atom is -0.480 e. The van der Waals surface area contributed by atoms with Gasteiger partial charge in [-0.05, 0) is 45.1 Å². The summed E-state index contributed by atoms with van der Waals surface area (Å²) in [6.07, 6.45) is 5.84. The summed E-state index contributed by atoms with van der Waals surface area (Å²) < 4.78 is 0. The number of hydrogen-bond donors (Lipinski definition) is 2. The lowest BCUT2D eigenvalue weighted by Crippen LogP contribution is -2.52. The van der Waals surface area contributed by atoms with Gasteiger partial charge in [-0.25, -0.2) is 9.59 Å². The fourth-order valence-corrected chi connectivity index (χ4v) is 3.88. The largest absolute Gasteiger partial charge is 0.480 e. The lowest BCUT2D eigenvalue weighted by molar-refractivity contribution is -0.141. The molecule has 0 saturated carbocycles. The molecule has 0 aromatic rings. The summed E-state index contributed by atoms with van der Waals surface area (Å²) in [5.41, 5.74) is 0. The maximum atomic E-state index is 12.3. The van der Waals surface area contributed by atoms with Gasteiger partial charge in [-0.2, -0.15) is 0 Å². The van der Waals surface area contributed by atoms with Crippen molar-refractivity contribution < 1.29 is 14.7 Å². The molecule has 3 saturated heterocycles. The Labute approximate surface area is 119 Å². The van der Waals surface area contributed by atoms with Crippen LogP contribution in [0, 0.1) is 0 Å². The Morgan fingerprint density at radius 2 is 1.85 bits per heavy atom. The van der Waals surface area contributed by atoms with Crippen LogP contribution in [0.15, 0.2) is 0 Å². The molecule has 3 heterocycles. The first-order valence-corrected chi connectivity index (χ1v) is 7.69. The molecule has 3 aliphatic heterocycles. The molecule has 0 aromatic carbocycles. The number of carboxylic acid groups (broad SMARTS) is 1. The molecule has 3 atom stereocenters. The van der Waals surface area contributed by atoms with Gasteiger partial charge >= 0.3 is 12.0 Å². The second-order valence-corrected chi connectivity index (χ2v) is 6.19. The van der Waals surface area contributed by atoms with Crippen molar-refractivity contribution in [2.75, 3.05) is 19.6 Å². The third-order valence-corrected chi connectivity index (χ3v) is 4.95. The van der Waals surface area contributed by atoms with Gasteiger partial charge in [0, 0.05) is 25.2 Å². The summed E-state index contributed by atoms with van der Waals surface area (Å²) in [6, 6.07) is -0.00675. The molecule has 112 valence electrons. The molecule has 6 nitrogen and oxygen atoms in total. The molecule has 0 bridgehead atoms. The van der Waals surface area contributed by atoms with E-state index in [1.807, 2.05) is 0 Å². The van der Waals surface area contributed by atoms with Gasteiger partial charge in [-0.15, -0.1) is 0 Å². The monoisotopic (exact) mass is 281 g/mol. The molecule has 20 heavy (non-hydrogen) atoms. The second kappa shape index (κ2) is 5.60. The highest BCUT2D eigenvalue weighted by Gasteiger charge is 2.37. The van der Waals surface area contributed by atoms with Crippen molar-refractivity contribution in [3.05, 3.63) is 0 Å². The van der Waals surface area contributed by atoms with E-state index < -0.39 is 12.0 Å². The van der Waals surface area contributed by atoms with Crippen LogP contribution in [0.3, 0.4) is 0 Å². The first kappa shape index (κ1) is 13.7. The highest BCUT2D eigenvalue weighted by Crippen LogP contribution is 2.27. The van der Waals surface area contributed by atoms with Gasteiger partial charge in [0.15, 0.2) is 0 Å². The number of nitrogens with one attached hydrogen (secondary N) is 1. The van der Waals surface area contributed by atoms with E-state index in [0.717, 1.165) is 25.8 Å². The molecule has 3 aliphatic rings. The minimum absolute atomic E-state index is 0.189. The average Bonchev–Trinajstić information content (AvgIpc) is 3.06. The standard InChI is InChI=1S/C14H23N3O3/c18-13(19)12-4-2-7-17(12)14(20)15-10-5-8-16-6-1-3-11(16)9-10/h10-12H,1-9H2,(H,15,20)(H,18,19). The molecular formula is C14H23N3O3. The van der Waals surface area contributed by atoms with Gasteiger partial charge in [0.25, 0.3) is 0 Å². The number of carbonyl (C=O) groups excluding carboxylic acids is 1. The van der Waals surface area contributed by atoms with Crippen LogP contribution >= 0.6 is 0 Å². The number of carbonyl (C=O) groups is 2. The Hall–Kier alpha value is -1.30. The van der Waals surface area contributed by atoms with Crippen molar-refractivity contribution in [1.82, 2.24) is 15.1 Å². The Morgan fingerprint density at radius 3 is 2.65 bits per heavy atom. The van der Waals surface area contributed by atoms with E-state index in [9.17, 15) is 9.59 Å². The molecule has 2 amide bonds. The zero-order chi connectivity index (χ0) is 14.1. The van der Waals surface area contributed by atoms with Crippen LogP contribution in [0.2, 0.25) is 0 Å². The number of nitrogens with zero attached hydrogens (tertiary/aromatic N) is 2. The number of urea groups is 1. The minimum atomic E-state index is -0.886. The fourth-order valence-electron chi connectivity index (χ4n) is 3.88. The summed E-state index contributed by atoms with van der Waals surface area (Å²) >= 11 is 0. The number of carboxylic acids is 1. The highest BCUT2D eigenvalue weighted by atomic mass is 16.4. The number of likely N-dealkylation sites (tertiary alicyclic amines) is 1. The average molecular weight is 281 g/mol. The predicted molar refractivity (Wildman–Crippen MR) is 73.5 cm³/mol. The molecular weight excluding hydrogens is 258 g/mol. The highest BCUT2D eigenvalue weighted by molar-refractivity contribution is 5.83. The summed E-state index contributed by atoms with van der Waals surface area (Å²) in [5, 5.41) is 12.2. The van der Waals surface area contributed by atoms with Crippen LogP contribution in [-0.2, 0) is 4.79 Å². The van der Waals surface area contributed by atoms with E-state index >= 15 is 0 Å². The normalized spacial score (nSPS) is 34.0. The maximum absolute atomic E-state index is 12.3. The van der Waals surface area contributed by atoms with Gasteiger partial charge in [-0.3, -0.25) is 0 Å². The molecule has 0 spiro atoms. The smallest absolute Gasteiger partial charge is 0.326 e. The van der Waals surface area contributed by atoms with Crippen LogP contribution in [-0.4, -0.2) is 64.7 Å². The molecule has 3 rings (SSSR count). The number of fused-ring (bicyclic) bond motifs is 1. The van der Waals surface area contributed by atoms with Crippen LogP contribution in [0.4, 0.5) is 4.79 Å². The number of rotatable bonds is 2. The van der Waals surface area contributed by atoms with Gasteiger partial charge < -0.3 is 20.2 Å². The van der Waals surface area contributed by atoms with E-state index in [-0.39, 0.29) is 12.1 Å². The lowest BCUT2D eigenvalue weighted by atomic mass is 9.98. The zero-order valence-corrected chi connectivity index (χ0v) is 11.8.